The summed E-state index contributed by atoms with van der Waals surface area (Å²) in [4.78, 5) is 26.1. The van der Waals surface area contributed by atoms with Gasteiger partial charge >= 0.3 is 0 Å². The minimum absolute atomic E-state index is 0.181. The number of carbonyl (C=O) groups is 2. The molecule has 0 aliphatic heterocycles. The Balaban J connectivity index is 2.35. The lowest BCUT2D eigenvalue weighted by molar-refractivity contribution is -0.141. The van der Waals surface area contributed by atoms with E-state index >= 15 is 0 Å². The number of nitrogens with one attached hydrogen (secondary N) is 1. The van der Waals surface area contributed by atoms with E-state index in [9.17, 15) is 19.1 Å². The predicted molar refractivity (Wildman–Crippen MR) is 112 cm³/mol. The highest BCUT2D eigenvalue weighted by Gasteiger charge is 2.36. The van der Waals surface area contributed by atoms with Gasteiger partial charge in [-0.2, -0.15) is 0 Å². The van der Waals surface area contributed by atoms with E-state index in [-0.39, 0.29) is 5.69 Å². The summed E-state index contributed by atoms with van der Waals surface area (Å²) in [6.45, 7) is 3.96. The number of carbonyl (C=O) groups excluding carboxylic acids is 2. The van der Waals surface area contributed by atoms with Gasteiger partial charge in [-0.05, 0) is 43.2 Å². The Morgan fingerprint density at radius 2 is 1.62 bits per heavy atom. The van der Waals surface area contributed by atoms with Gasteiger partial charge in [0.2, 0.25) is 0 Å². The normalized spacial score (nSPS) is 11.2. The van der Waals surface area contributed by atoms with Crippen LogP contribution in [0.3, 0.4) is 0 Å². The summed E-state index contributed by atoms with van der Waals surface area (Å²) in [6.07, 6.45) is 3.62. The van der Waals surface area contributed by atoms with Crippen LogP contribution in [0.2, 0.25) is 0 Å². The van der Waals surface area contributed by atoms with Crippen LogP contribution >= 0.6 is 0 Å². The van der Waals surface area contributed by atoms with Gasteiger partial charge in [-0.15, -0.1) is 0 Å². The zero-order valence-corrected chi connectivity index (χ0v) is 17.0. The largest absolute Gasteiger partial charge is 0.380 e. The summed E-state index contributed by atoms with van der Waals surface area (Å²) in [6, 6.07) is 13.8. The van der Waals surface area contributed by atoms with Crippen LogP contribution < -0.4 is 10.4 Å². The first-order valence-electron chi connectivity index (χ1n) is 10.1. The molecule has 5 nitrogen and oxygen atoms in total. The van der Waals surface area contributed by atoms with E-state index in [4.69, 9.17) is 0 Å². The summed E-state index contributed by atoms with van der Waals surface area (Å²) >= 11 is 0. The van der Waals surface area contributed by atoms with Crippen molar-refractivity contribution < 1.29 is 19.1 Å². The van der Waals surface area contributed by atoms with Crippen molar-refractivity contribution in [2.75, 3.05) is 5.01 Å². The van der Waals surface area contributed by atoms with Crippen molar-refractivity contribution in [3.05, 3.63) is 66.0 Å². The number of rotatable bonds is 9. The van der Waals surface area contributed by atoms with Gasteiger partial charge in [-0.25, -0.2) is 9.40 Å². The average molecular weight is 400 g/mol. The van der Waals surface area contributed by atoms with Crippen molar-refractivity contribution in [3.63, 3.8) is 0 Å². The van der Waals surface area contributed by atoms with Gasteiger partial charge in [0.25, 0.3) is 11.8 Å². The molecule has 0 unspecified atom stereocenters. The zero-order valence-electron chi connectivity index (χ0n) is 17.0. The van der Waals surface area contributed by atoms with E-state index in [1.807, 2.05) is 13.8 Å². The molecule has 0 fully saturated rings. The van der Waals surface area contributed by atoms with Gasteiger partial charge in [0.05, 0.1) is 5.69 Å². The maximum Gasteiger partial charge on any atom is 0.277 e. The molecule has 0 spiro atoms. The molecule has 0 bridgehead atoms. The highest BCUT2D eigenvalue weighted by atomic mass is 19.1. The molecule has 0 atom stereocenters. The number of hydrogen-bond acceptors (Lipinski definition) is 3. The molecule has 0 saturated heterocycles. The number of halogens is 1. The van der Waals surface area contributed by atoms with Crippen LogP contribution in [0, 0.1) is 5.82 Å². The van der Waals surface area contributed by atoms with Gasteiger partial charge in [0, 0.05) is 5.56 Å². The summed E-state index contributed by atoms with van der Waals surface area (Å²) in [5.41, 5.74) is 1.47. The second kappa shape index (κ2) is 10.7. The number of nitrogens with zero attached hydrogens (tertiary/aromatic N) is 1. The lowest BCUT2D eigenvalue weighted by Crippen LogP contribution is -2.55. The Bertz CT molecular complexity index is 803. The first-order chi connectivity index (χ1) is 13.9. The van der Waals surface area contributed by atoms with Crippen LogP contribution in [0.15, 0.2) is 54.6 Å². The van der Waals surface area contributed by atoms with Gasteiger partial charge < -0.3 is 5.11 Å². The molecule has 156 valence electrons. The van der Waals surface area contributed by atoms with Gasteiger partial charge in [-0.3, -0.25) is 15.0 Å². The Labute approximate surface area is 171 Å². The third-order valence-electron chi connectivity index (χ3n) is 4.81. The van der Waals surface area contributed by atoms with E-state index in [1.54, 1.807) is 30.3 Å². The van der Waals surface area contributed by atoms with Crippen LogP contribution in [-0.4, -0.2) is 22.5 Å². The molecule has 0 saturated carbocycles. The van der Waals surface area contributed by atoms with Gasteiger partial charge in [0.15, 0.2) is 0 Å². The number of hydrogen-bond donors (Lipinski definition) is 2. The van der Waals surface area contributed by atoms with E-state index in [1.165, 1.54) is 18.2 Å². The maximum absolute atomic E-state index is 13.8. The van der Waals surface area contributed by atoms with Gasteiger partial charge in [0.1, 0.15) is 11.4 Å². The number of unbranched alkanes of at least 4 members (excludes halogenated alkanes) is 2. The topological polar surface area (TPSA) is 69.6 Å². The third-order valence-corrected chi connectivity index (χ3v) is 4.81. The number of amides is 2. The fraction of sp³-hybridized carbons (Fsp3) is 0.391. The van der Waals surface area contributed by atoms with Crippen LogP contribution in [0.4, 0.5) is 10.1 Å². The number of hydrazine groups is 1. The lowest BCUT2D eigenvalue weighted by Gasteiger charge is -2.31. The molecular weight excluding hydrogens is 371 g/mol. The Morgan fingerprint density at radius 1 is 1.00 bits per heavy atom. The minimum atomic E-state index is -1.59. The molecule has 0 aliphatic rings. The SMILES string of the molecule is CCCCC(O)(CCCC)C(=O)NN(C(=O)c1ccccc1)c1cccc(F)c1. The highest BCUT2D eigenvalue weighted by molar-refractivity contribution is 6.07. The number of benzene rings is 2. The standard InChI is InChI=1S/C23H29FN2O3/c1-3-5-15-23(29,16-6-4-2)22(28)25-26(20-14-10-13-19(24)17-20)21(27)18-11-8-7-9-12-18/h7-14,17,29H,3-6,15-16H2,1-2H3,(H,25,28). The minimum Gasteiger partial charge on any atom is -0.380 e. The van der Waals surface area contributed by atoms with Crippen molar-refractivity contribution >= 4 is 17.5 Å². The fourth-order valence-electron chi connectivity index (χ4n) is 3.05. The molecule has 2 aromatic carbocycles. The summed E-state index contributed by atoms with van der Waals surface area (Å²) < 4.78 is 13.8. The quantitative estimate of drug-likeness (QED) is 0.604. The lowest BCUT2D eigenvalue weighted by atomic mass is 9.90. The van der Waals surface area contributed by atoms with E-state index in [0.717, 1.165) is 23.9 Å². The van der Waals surface area contributed by atoms with Crippen molar-refractivity contribution in [2.24, 2.45) is 0 Å². The second-order valence-corrected chi connectivity index (χ2v) is 7.17. The molecular formula is C23H29FN2O3. The molecule has 2 N–H and O–H groups in total. The predicted octanol–water partition coefficient (Wildman–Crippen LogP) is 4.62. The summed E-state index contributed by atoms with van der Waals surface area (Å²) in [5, 5.41) is 12.0. The summed E-state index contributed by atoms with van der Waals surface area (Å²) in [7, 11) is 0. The van der Waals surface area contributed by atoms with Crippen LogP contribution in [0.5, 0.6) is 0 Å². The molecule has 2 aromatic rings. The molecule has 0 aromatic heterocycles. The first kappa shape index (κ1) is 22.6. The molecule has 29 heavy (non-hydrogen) atoms. The van der Waals surface area contributed by atoms with Crippen molar-refractivity contribution in [1.29, 1.82) is 0 Å². The molecule has 6 heteroatoms. The van der Waals surface area contributed by atoms with Gasteiger partial charge in [-0.1, -0.05) is 63.8 Å². The fourth-order valence-corrected chi connectivity index (χ4v) is 3.05. The van der Waals surface area contributed by atoms with Crippen LogP contribution in [0.25, 0.3) is 0 Å². The summed E-state index contributed by atoms with van der Waals surface area (Å²) in [5.74, 6) is -1.71. The molecule has 2 amide bonds. The molecule has 0 heterocycles. The molecule has 0 aliphatic carbocycles. The van der Waals surface area contributed by atoms with Crippen molar-refractivity contribution in [2.45, 2.75) is 58.0 Å². The number of aliphatic hydroxyl groups is 1. The Hall–Kier alpha value is -2.73. The smallest absolute Gasteiger partial charge is 0.277 e. The molecule has 0 radical (unpaired) electrons. The average Bonchev–Trinajstić information content (AvgIpc) is 2.74. The number of anilines is 1. The van der Waals surface area contributed by atoms with E-state index < -0.39 is 23.2 Å². The van der Waals surface area contributed by atoms with Crippen molar-refractivity contribution in [3.8, 4) is 0 Å². The third kappa shape index (κ3) is 6.12. The van der Waals surface area contributed by atoms with E-state index in [2.05, 4.69) is 5.43 Å². The van der Waals surface area contributed by atoms with Crippen molar-refractivity contribution in [1.82, 2.24) is 5.43 Å². The first-order valence-corrected chi connectivity index (χ1v) is 10.1. The molecule has 2 rings (SSSR count). The van der Waals surface area contributed by atoms with Crippen LogP contribution in [0.1, 0.15) is 62.7 Å². The maximum atomic E-state index is 13.8. The highest BCUT2D eigenvalue weighted by Crippen LogP contribution is 2.24. The van der Waals surface area contributed by atoms with E-state index in [0.29, 0.717) is 31.2 Å². The van der Waals surface area contributed by atoms with Crippen LogP contribution in [-0.2, 0) is 4.79 Å². The monoisotopic (exact) mass is 400 g/mol. The Kier molecular flexibility index (Phi) is 8.34. The Morgan fingerprint density at radius 3 is 2.17 bits per heavy atom. The zero-order chi connectivity index (χ0) is 21.3. The second-order valence-electron chi connectivity index (χ2n) is 7.17.